The van der Waals surface area contributed by atoms with Gasteiger partial charge in [0.2, 0.25) is 5.91 Å². The Hall–Kier alpha value is -3.63. The Morgan fingerprint density at radius 3 is 2.52 bits per heavy atom. The van der Waals surface area contributed by atoms with Crippen molar-refractivity contribution in [3.8, 4) is 5.75 Å². The van der Waals surface area contributed by atoms with Crippen molar-refractivity contribution in [2.75, 3.05) is 30.9 Å². The zero-order valence-corrected chi connectivity index (χ0v) is 19.3. The molecule has 0 bridgehead atoms. The van der Waals surface area contributed by atoms with E-state index in [2.05, 4.69) is 16.0 Å². The minimum absolute atomic E-state index is 0.273. The number of nitrogens with one attached hydrogen (secondary N) is 3. The normalized spacial score (nSPS) is 10.4. The monoisotopic (exact) mass is 489 g/mol. The lowest BCUT2D eigenvalue weighted by atomic mass is 10.2. The highest BCUT2D eigenvalue weighted by Crippen LogP contribution is 2.35. The summed E-state index contributed by atoms with van der Waals surface area (Å²) in [5, 5.41) is 8.65. The van der Waals surface area contributed by atoms with Gasteiger partial charge in [-0.25, -0.2) is 0 Å². The fraction of sp³-hybridized carbons (Fsp3) is 0.182. The molecule has 0 saturated heterocycles. The molecule has 3 amide bonds. The third-order valence-electron chi connectivity index (χ3n) is 4.29. The summed E-state index contributed by atoms with van der Waals surface area (Å²) in [4.78, 5) is 48.0. The van der Waals surface area contributed by atoms with Crippen LogP contribution >= 0.6 is 22.9 Å². The van der Waals surface area contributed by atoms with E-state index in [9.17, 15) is 19.2 Å². The largest absolute Gasteiger partial charge is 0.495 e. The summed E-state index contributed by atoms with van der Waals surface area (Å²) in [5.74, 6) is -1.85. The van der Waals surface area contributed by atoms with Crippen LogP contribution in [0.2, 0.25) is 5.02 Å². The molecule has 0 aliphatic carbocycles. The molecule has 0 aliphatic heterocycles. The molecule has 0 fully saturated rings. The van der Waals surface area contributed by atoms with Gasteiger partial charge >= 0.3 is 5.97 Å². The standard InChI is InChI=1S/C22H20ClN3O6S/c1-12(27)25-13-7-8-16(31-2)15(9-13)26-18(28)11-32-19(29)10-24-22(30)21-20(23)14-5-3-4-6-17(14)33-21/h3-9H,10-11H2,1-2H3,(H,24,30)(H,25,27)(H,26,28). The second-order valence-electron chi connectivity index (χ2n) is 6.73. The van der Waals surface area contributed by atoms with E-state index in [1.807, 2.05) is 18.2 Å². The molecule has 0 aliphatic rings. The van der Waals surface area contributed by atoms with Gasteiger partial charge in [-0.2, -0.15) is 0 Å². The maximum atomic E-state index is 12.4. The van der Waals surface area contributed by atoms with Crippen LogP contribution in [0.15, 0.2) is 42.5 Å². The van der Waals surface area contributed by atoms with Gasteiger partial charge in [-0.15, -0.1) is 11.3 Å². The predicted molar refractivity (Wildman–Crippen MR) is 126 cm³/mol. The third kappa shape index (κ3) is 6.21. The Bertz CT molecular complexity index is 1230. The number of carbonyl (C=O) groups excluding carboxylic acids is 4. The predicted octanol–water partition coefficient (Wildman–Crippen LogP) is 3.43. The molecule has 3 aromatic rings. The summed E-state index contributed by atoms with van der Waals surface area (Å²) >= 11 is 7.47. The van der Waals surface area contributed by atoms with Crippen molar-refractivity contribution >= 4 is 68.1 Å². The van der Waals surface area contributed by atoms with E-state index in [1.165, 1.54) is 31.4 Å². The van der Waals surface area contributed by atoms with Crippen molar-refractivity contribution in [1.82, 2.24) is 5.32 Å². The van der Waals surface area contributed by atoms with Crippen LogP contribution in [0.5, 0.6) is 5.75 Å². The molecule has 3 rings (SSSR count). The topological polar surface area (TPSA) is 123 Å². The summed E-state index contributed by atoms with van der Waals surface area (Å²) in [6.45, 7) is 0.347. The van der Waals surface area contributed by atoms with Crippen molar-refractivity contribution in [1.29, 1.82) is 0 Å². The number of benzene rings is 2. The van der Waals surface area contributed by atoms with Crippen molar-refractivity contribution in [3.63, 3.8) is 0 Å². The first-order valence-electron chi connectivity index (χ1n) is 9.64. The van der Waals surface area contributed by atoms with Crippen molar-refractivity contribution < 1.29 is 28.7 Å². The molecule has 0 spiro atoms. The quantitative estimate of drug-likeness (QED) is 0.416. The van der Waals surface area contributed by atoms with Gasteiger partial charge in [0.05, 0.1) is 17.8 Å². The van der Waals surface area contributed by atoms with Crippen LogP contribution in [0.1, 0.15) is 16.6 Å². The molecule has 0 unspecified atom stereocenters. The second kappa shape index (κ2) is 10.8. The van der Waals surface area contributed by atoms with Crippen molar-refractivity contribution in [2.24, 2.45) is 0 Å². The first kappa shape index (κ1) is 24.0. The molecule has 33 heavy (non-hydrogen) atoms. The molecular formula is C22H20ClN3O6S. The van der Waals surface area contributed by atoms with E-state index in [-0.39, 0.29) is 16.5 Å². The van der Waals surface area contributed by atoms with Crippen LogP contribution in [-0.2, 0) is 19.1 Å². The van der Waals surface area contributed by atoms with Crippen molar-refractivity contribution in [2.45, 2.75) is 6.92 Å². The van der Waals surface area contributed by atoms with Crippen LogP contribution in [0.4, 0.5) is 11.4 Å². The van der Waals surface area contributed by atoms with E-state index >= 15 is 0 Å². The molecule has 172 valence electrons. The highest BCUT2D eigenvalue weighted by atomic mass is 35.5. The van der Waals surface area contributed by atoms with Gasteiger partial charge in [0, 0.05) is 22.7 Å². The highest BCUT2D eigenvalue weighted by Gasteiger charge is 2.18. The molecule has 0 saturated carbocycles. The van der Waals surface area contributed by atoms with Gasteiger partial charge in [-0.1, -0.05) is 29.8 Å². The van der Waals surface area contributed by atoms with Crippen LogP contribution in [0.3, 0.4) is 0 Å². The average Bonchev–Trinajstić information content (AvgIpc) is 3.12. The average molecular weight is 490 g/mol. The third-order valence-corrected chi connectivity index (χ3v) is 5.97. The molecule has 0 atom stereocenters. The zero-order valence-electron chi connectivity index (χ0n) is 17.7. The smallest absolute Gasteiger partial charge is 0.325 e. The first-order valence-corrected chi connectivity index (χ1v) is 10.8. The van der Waals surface area contributed by atoms with Gasteiger partial charge in [-0.05, 0) is 24.3 Å². The lowest BCUT2D eigenvalue weighted by Gasteiger charge is -2.12. The van der Waals surface area contributed by atoms with Gasteiger partial charge in [0.25, 0.3) is 11.8 Å². The zero-order chi connectivity index (χ0) is 24.0. The number of amides is 3. The van der Waals surface area contributed by atoms with E-state index < -0.39 is 30.9 Å². The lowest BCUT2D eigenvalue weighted by molar-refractivity contribution is -0.146. The molecular weight excluding hydrogens is 470 g/mol. The summed E-state index contributed by atoms with van der Waals surface area (Å²) < 4.78 is 10.9. The van der Waals surface area contributed by atoms with Crippen LogP contribution in [0, 0.1) is 0 Å². The maximum absolute atomic E-state index is 12.4. The molecule has 1 aromatic heterocycles. The number of thiophene rings is 1. The molecule has 3 N–H and O–H groups in total. The Kier molecular flexibility index (Phi) is 7.86. The number of fused-ring (bicyclic) bond motifs is 1. The van der Waals surface area contributed by atoms with E-state index in [0.29, 0.717) is 16.5 Å². The van der Waals surface area contributed by atoms with Gasteiger partial charge in [-0.3, -0.25) is 19.2 Å². The number of hydrogen-bond donors (Lipinski definition) is 3. The molecule has 1 heterocycles. The fourth-order valence-corrected chi connectivity index (χ4v) is 4.30. The van der Waals surface area contributed by atoms with Gasteiger partial charge < -0.3 is 25.4 Å². The van der Waals surface area contributed by atoms with E-state index in [4.69, 9.17) is 21.1 Å². The van der Waals surface area contributed by atoms with Crippen LogP contribution in [0.25, 0.3) is 10.1 Å². The van der Waals surface area contributed by atoms with Crippen LogP contribution < -0.4 is 20.7 Å². The number of anilines is 2. The van der Waals surface area contributed by atoms with Gasteiger partial charge in [0.1, 0.15) is 17.2 Å². The number of hydrogen-bond acceptors (Lipinski definition) is 7. The number of ether oxygens (including phenoxy) is 2. The Balaban J connectivity index is 1.51. The number of carbonyl (C=O) groups is 4. The molecule has 2 aromatic carbocycles. The Morgan fingerprint density at radius 2 is 1.82 bits per heavy atom. The van der Waals surface area contributed by atoms with Gasteiger partial charge in [0.15, 0.2) is 6.61 Å². The lowest BCUT2D eigenvalue weighted by Crippen LogP contribution is -2.32. The summed E-state index contributed by atoms with van der Waals surface area (Å²) in [6.07, 6.45) is 0. The number of rotatable bonds is 8. The number of esters is 1. The minimum Gasteiger partial charge on any atom is -0.495 e. The SMILES string of the molecule is COc1ccc(NC(C)=O)cc1NC(=O)COC(=O)CNC(=O)c1sc2ccccc2c1Cl. The summed E-state index contributed by atoms with van der Waals surface area (Å²) in [6, 6.07) is 12.0. The highest BCUT2D eigenvalue weighted by molar-refractivity contribution is 7.21. The number of halogens is 1. The molecule has 11 heteroatoms. The Labute approximate surface area is 198 Å². The summed E-state index contributed by atoms with van der Waals surface area (Å²) in [7, 11) is 1.43. The fourth-order valence-electron chi connectivity index (χ4n) is 2.86. The summed E-state index contributed by atoms with van der Waals surface area (Å²) in [5.41, 5.74) is 0.746. The van der Waals surface area contributed by atoms with Crippen molar-refractivity contribution in [3.05, 3.63) is 52.4 Å². The second-order valence-corrected chi connectivity index (χ2v) is 8.16. The number of methoxy groups -OCH3 is 1. The van der Waals surface area contributed by atoms with E-state index in [0.717, 1.165) is 10.1 Å². The first-order chi connectivity index (χ1) is 15.8. The van der Waals surface area contributed by atoms with Crippen LogP contribution in [-0.4, -0.2) is 44.0 Å². The van der Waals surface area contributed by atoms with E-state index in [1.54, 1.807) is 18.2 Å². The molecule has 9 nitrogen and oxygen atoms in total. The maximum Gasteiger partial charge on any atom is 0.325 e. The minimum atomic E-state index is -0.797. The molecule has 0 radical (unpaired) electrons. The Morgan fingerprint density at radius 1 is 1.06 bits per heavy atom.